The van der Waals surface area contributed by atoms with Crippen molar-refractivity contribution in [3.8, 4) is 5.75 Å². The summed E-state index contributed by atoms with van der Waals surface area (Å²) in [6.45, 7) is 5.77. The maximum atomic E-state index is 12.3. The van der Waals surface area contributed by atoms with Crippen molar-refractivity contribution in [2.45, 2.75) is 19.7 Å². The molecule has 1 aromatic carbocycles. The van der Waals surface area contributed by atoms with Crippen molar-refractivity contribution in [1.82, 2.24) is 0 Å². The second-order valence-corrected chi connectivity index (χ2v) is 6.01. The number of rotatable bonds is 3. The zero-order chi connectivity index (χ0) is 19.8. The van der Waals surface area contributed by atoms with E-state index in [0.29, 0.717) is 39.6 Å². The SMILES string of the molecule is C=C1C=C(c2ccc(OC(F)(F)F)cc2)OC2=C1C(C)=C(O)CC(OC)=C2. The number of allylic oxidation sites excluding steroid dienone is 5. The van der Waals surface area contributed by atoms with Crippen LogP contribution in [0.1, 0.15) is 18.9 Å². The molecule has 0 unspecified atom stereocenters. The van der Waals surface area contributed by atoms with E-state index >= 15 is 0 Å². The van der Waals surface area contributed by atoms with E-state index in [0.717, 1.165) is 0 Å². The smallest absolute Gasteiger partial charge is 0.512 e. The molecule has 0 saturated heterocycles. The molecule has 0 atom stereocenters. The zero-order valence-corrected chi connectivity index (χ0v) is 14.7. The largest absolute Gasteiger partial charge is 0.573 e. The first-order valence-corrected chi connectivity index (χ1v) is 8.01. The minimum Gasteiger partial charge on any atom is -0.512 e. The highest BCUT2D eigenvalue weighted by Crippen LogP contribution is 2.39. The van der Waals surface area contributed by atoms with Crippen molar-refractivity contribution >= 4 is 5.76 Å². The molecule has 7 heteroatoms. The third-order valence-corrected chi connectivity index (χ3v) is 4.17. The summed E-state index contributed by atoms with van der Waals surface area (Å²) in [5.74, 6) is 1.22. The first-order chi connectivity index (χ1) is 12.7. The monoisotopic (exact) mass is 378 g/mol. The summed E-state index contributed by atoms with van der Waals surface area (Å²) in [6, 6.07) is 5.34. The number of alkyl halides is 3. The zero-order valence-electron chi connectivity index (χ0n) is 14.7. The van der Waals surface area contributed by atoms with Crippen LogP contribution in [0, 0.1) is 0 Å². The van der Waals surface area contributed by atoms with Gasteiger partial charge in [-0.25, -0.2) is 0 Å². The van der Waals surface area contributed by atoms with Gasteiger partial charge in [-0.1, -0.05) is 6.58 Å². The number of aliphatic hydroxyl groups is 1. The van der Waals surface area contributed by atoms with E-state index in [1.807, 2.05) is 0 Å². The lowest BCUT2D eigenvalue weighted by atomic mass is 9.95. The predicted octanol–water partition coefficient (Wildman–Crippen LogP) is 5.53. The van der Waals surface area contributed by atoms with Crippen LogP contribution < -0.4 is 4.74 Å². The van der Waals surface area contributed by atoms with E-state index in [1.54, 1.807) is 19.1 Å². The average molecular weight is 378 g/mol. The lowest BCUT2D eigenvalue weighted by molar-refractivity contribution is -0.274. The highest BCUT2D eigenvalue weighted by Gasteiger charge is 2.31. The van der Waals surface area contributed by atoms with Crippen LogP contribution >= 0.6 is 0 Å². The van der Waals surface area contributed by atoms with Crippen LogP contribution in [0.25, 0.3) is 5.76 Å². The van der Waals surface area contributed by atoms with E-state index in [2.05, 4.69) is 11.3 Å². The summed E-state index contributed by atoms with van der Waals surface area (Å²) in [6.07, 6.45) is -1.18. The Hall–Kier alpha value is -3.09. The second-order valence-electron chi connectivity index (χ2n) is 6.01. The topological polar surface area (TPSA) is 47.9 Å². The van der Waals surface area contributed by atoms with Gasteiger partial charge in [0.15, 0.2) is 0 Å². The van der Waals surface area contributed by atoms with Gasteiger partial charge in [-0.2, -0.15) is 0 Å². The molecule has 1 aromatic rings. The molecule has 0 bridgehead atoms. The number of methoxy groups -OCH3 is 1. The normalized spacial score (nSPS) is 17.6. The molecule has 142 valence electrons. The van der Waals surface area contributed by atoms with Gasteiger partial charge in [0, 0.05) is 17.2 Å². The minimum atomic E-state index is -4.75. The number of aliphatic hydroxyl groups excluding tert-OH is 1. The molecular weight excluding hydrogens is 361 g/mol. The Morgan fingerprint density at radius 2 is 1.81 bits per heavy atom. The molecule has 0 amide bonds. The van der Waals surface area contributed by atoms with Crippen LogP contribution in [0.4, 0.5) is 13.2 Å². The van der Waals surface area contributed by atoms with Crippen molar-refractivity contribution in [3.63, 3.8) is 0 Å². The minimum absolute atomic E-state index is 0.156. The van der Waals surface area contributed by atoms with E-state index < -0.39 is 6.36 Å². The van der Waals surface area contributed by atoms with Gasteiger partial charge in [-0.05, 0) is 48.4 Å². The number of ether oxygens (including phenoxy) is 3. The number of hydrogen-bond acceptors (Lipinski definition) is 4. The molecule has 4 nitrogen and oxygen atoms in total. The molecule has 1 heterocycles. The molecule has 0 saturated carbocycles. The van der Waals surface area contributed by atoms with Crippen molar-refractivity contribution in [1.29, 1.82) is 0 Å². The van der Waals surface area contributed by atoms with E-state index in [1.165, 1.54) is 31.4 Å². The summed E-state index contributed by atoms with van der Waals surface area (Å²) >= 11 is 0. The van der Waals surface area contributed by atoms with Gasteiger partial charge in [-0.15, -0.1) is 13.2 Å². The van der Waals surface area contributed by atoms with Crippen molar-refractivity contribution < 1.29 is 32.5 Å². The molecule has 1 N–H and O–H groups in total. The quantitative estimate of drug-likeness (QED) is 0.751. The van der Waals surface area contributed by atoms with Crippen LogP contribution in [-0.2, 0) is 9.47 Å². The van der Waals surface area contributed by atoms with Gasteiger partial charge in [0.1, 0.15) is 28.8 Å². The fourth-order valence-electron chi connectivity index (χ4n) is 2.85. The molecule has 3 rings (SSSR count). The lowest BCUT2D eigenvalue weighted by Gasteiger charge is -2.22. The first kappa shape index (κ1) is 18.7. The van der Waals surface area contributed by atoms with Gasteiger partial charge in [0.05, 0.1) is 13.5 Å². The maximum Gasteiger partial charge on any atom is 0.573 e. The summed E-state index contributed by atoms with van der Waals surface area (Å²) in [4.78, 5) is 0. The standard InChI is InChI=1S/C20H17F3O4/c1-11-8-17(13-4-6-14(7-5-13)27-20(21,22)23)26-18-10-15(25-3)9-16(24)12(2)19(11)18/h4-8,10,24H,1,9H2,2-3H3. The van der Waals surface area contributed by atoms with Gasteiger partial charge in [0.25, 0.3) is 0 Å². The third-order valence-electron chi connectivity index (χ3n) is 4.17. The van der Waals surface area contributed by atoms with Crippen molar-refractivity contribution in [2.24, 2.45) is 0 Å². The number of benzene rings is 1. The summed E-state index contributed by atoms with van der Waals surface area (Å²) in [7, 11) is 1.49. The van der Waals surface area contributed by atoms with E-state index in [9.17, 15) is 18.3 Å². The third kappa shape index (κ3) is 4.02. The van der Waals surface area contributed by atoms with Gasteiger partial charge in [-0.3, -0.25) is 0 Å². The highest BCUT2D eigenvalue weighted by molar-refractivity contribution is 5.72. The Bertz CT molecular complexity index is 900. The molecule has 0 spiro atoms. The molecule has 2 aliphatic rings. The van der Waals surface area contributed by atoms with Gasteiger partial charge in [0.2, 0.25) is 0 Å². The Morgan fingerprint density at radius 3 is 2.41 bits per heavy atom. The summed E-state index contributed by atoms with van der Waals surface area (Å²) in [5.41, 5.74) is 2.45. The van der Waals surface area contributed by atoms with Crippen molar-refractivity contribution in [3.05, 3.63) is 82.6 Å². The Morgan fingerprint density at radius 1 is 1.15 bits per heavy atom. The van der Waals surface area contributed by atoms with Gasteiger partial charge < -0.3 is 19.3 Å². The molecule has 1 aliphatic heterocycles. The maximum absolute atomic E-state index is 12.3. The molecule has 0 fully saturated rings. The highest BCUT2D eigenvalue weighted by atomic mass is 19.4. The lowest BCUT2D eigenvalue weighted by Crippen LogP contribution is -2.17. The van der Waals surface area contributed by atoms with Crippen molar-refractivity contribution in [2.75, 3.05) is 7.11 Å². The molecular formula is C20H17F3O4. The average Bonchev–Trinajstić information content (AvgIpc) is 2.71. The van der Waals surface area contributed by atoms with Crippen LogP contribution in [-0.4, -0.2) is 18.6 Å². The fraction of sp³-hybridized carbons (Fsp3) is 0.200. The molecule has 1 aliphatic carbocycles. The van der Waals surface area contributed by atoms with Crippen LogP contribution in [0.15, 0.2) is 77.0 Å². The molecule has 27 heavy (non-hydrogen) atoms. The Balaban J connectivity index is 1.92. The van der Waals surface area contributed by atoms with Crippen LogP contribution in [0.2, 0.25) is 0 Å². The summed E-state index contributed by atoms with van der Waals surface area (Å²) in [5, 5.41) is 10.2. The first-order valence-electron chi connectivity index (χ1n) is 8.01. The van der Waals surface area contributed by atoms with E-state index in [-0.39, 0.29) is 17.9 Å². The summed E-state index contributed by atoms with van der Waals surface area (Å²) < 4.78 is 51.9. The number of halogens is 3. The fourth-order valence-corrected chi connectivity index (χ4v) is 2.85. The van der Waals surface area contributed by atoms with E-state index in [4.69, 9.17) is 9.47 Å². The Labute approximate surface area is 154 Å². The van der Waals surface area contributed by atoms with Gasteiger partial charge >= 0.3 is 6.36 Å². The second kappa shape index (κ2) is 6.90. The van der Waals surface area contributed by atoms with Crippen LogP contribution in [0.3, 0.4) is 0 Å². The number of hydrogen-bond donors (Lipinski definition) is 1. The van der Waals surface area contributed by atoms with Crippen LogP contribution in [0.5, 0.6) is 5.75 Å². The molecule has 0 aromatic heterocycles. The predicted molar refractivity (Wildman–Crippen MR) is 93.4 cm³/mol. The molecule has 0 radical (unpaired) electrons. The Kier molecular flexibility index (Phi) is 4.78.